The summed E-state index contributed by atoms with van der Waals surface area (Å²) >= 11 is 0. The minimum atomic E-state index is -0.222. The van der Waals surface area contributed by atoms with Crippen molar-refractivity contribution in [3.8, 4) is 17.5 Å². The van der Waals surface area contributed by atoms with Crippen molar-refractivity contribution in [2.75, 3.05) is 61.0 Å². The van der Waals surface area contributed by atoms with Gasteiger partial charge in [-0.05, 0) is 18.2 Å². The molecule has 0 saturated heterocycles. The summed E-state index contributed by atoms with van der Waals surface area (Å²) in [4.78, 5) is 36.8. The number of aromatic nitrogens is 4. The molecule has 0 fully saturated rings. The zero-order valence-electron chi connectivity index (χ0n) is 20.9. The van der Waals surface area contributed by atoms with Gasteiger partial charge in [-0.15, -0.1) is 0 Å². The molecule has 0 radical (unpaired) electrons. The molecule has 4 rings (SSSR count). The van der Waals surface area contributed by atoms with E-state index in [9.17, 15) is 9.59 Å². The Morgan fingerprint density at radius 2 is 1.32 bits per heavy atom. The summed E-state index contributed by atoms with van der Waals surface area (Å²) in [6.45, 7) is 2.46. The van der Waals surface area contributed by atoms with E-state index < -0.39 is 0 Å². The molecular formula is C25H30N4O8. The van der Waals surface area contributed by atoms with Crippen LogP contribution >= 0.6 is 0 Å². The number of fused-ring (bicyclic) bond motifs is 2. The van der Waals surface area contributed by atoms with Crippen molar-refractivity contribution in [1.29, 1.82) is 0 Å². The SMILES string of the molecule is COCCOc1cc2nc[nH]c(=O)c2cc1OCCOC.COCCOc1nc2ccccc2c(=O)[nH]1. The van der Waals surface area contributed by atoms with Gasteiger partial charge >= 0.3 is 0 Å². The van der Waals surface area contributed by atoms with Gasteiger partial charge in [0.1, 0.15) is 19.8 Å². The second kappa shape index (κ2) is 14.5. The molecule has 2 aromatic heterocycles. The molecule has 2 N–H and O–H groups in total. The van der Waals surface area contributed by atoms with Gasteiger partial charge in [0, 0.05) is 27.4 Å². The van der Waals surface area contributed by atoms with Gasteiger partial charge in [0.05, 0.1) is 48.0 Å². The first-order chi connectivity index (χ1) is 18.1. The molecule has 0 bridgehead atoms. The molecule has 0 unspecified atom stereocenters. The summed E-state index contributed by atoms with van der Waals surface area (Å²) in [5.74, 6) is 1.00. The Hall–Kier alpha value is -4.00. The number of hydrogen-bond acceptors (Lipinski definition) is 10. The molecule has 0 atom stereocenters. The molecule has 0 amide bonds. The van der Waals surface area contributed by atoms with Crippen LogP contribution in [0.2, 0.25) is 0 Å². The lowest BCUT2D eigenvalue weighted by atomic mass is 10.2. The van der Waals surface area contributed by atoms with E-state index in [2.05, 4.69) is 19.9 Å². The van der Waals surface area contributed by atoms with E-state index in [0.29, 0.717) is 72.9 Å². The van der Waals surface area contributed by atoms with Gasteiger partial charge in [-0.25, -0.2) is 4.98 Å². The van der Waals surface area contributed by atoms with Gasteiger partial charge in [0.25, 0.3) is 17.1 Å². The monoisotopic (exact) mass is 514 g/mol. The van der Waals surface area contributed by atoms with Crippen LogP contribution in [0.4, 0.5) is 0 Å². The lowest BCUT2D eigenvalue weighted by Crippen LogP contribution is -2.13. The van der Waals surface area contributed by atoms with Crippen molar-refractivity contribution in [3.05, 3.63) is 63.4 Å². The predicted molar refractivity (Wildman–Crippen MR) is 137 cm³/mol. The fraction of sp³-hybridized carbons (Fsp3) is 0.360. The van der Waals surface area contributed by atoms with Crippen LogP contribution in [0.25, 0.3) is 21.8 Å². The zero-order chi connectivity index (χ0) is 26.5. The molecule has 4 aromatic rings. The topological polar surface area (TPSA) is 147 Å². The number of rotatable bonds is 12. The van der Waals surface area contributed by atoms with Gasteiger partial charge in [-0.1, -0.05) is 12.1 Å². The third kappa shape index (κ3) is 8.00. The fourth-order valence-electron chi connectivity index (χ4n) is 3.13. The highest BCUT2D eigenvalue weighted by atomic mass is 16.5. The number of ether oxygens (including phenoxy) is 6. The maximum atomic E-state index is 11.8. The van der Waals surface area contributed by atoms with Crippen LogP contribution in [-0.2, 0) is 14.2 Å². The minimum absolute atomic E-state index is 0.196. The van der Waals surface area contributed by atoms with Crippen LogP contribution in [0.3, 0.4) is 0 Å². The summed E-state index contributed by atoms with van der Waals surface area (Å²) in [5.41, 5.74) is 0.752. The number of hydrogen-bond donors (Lipinski definition) is 2. The summed E-state index contributed by atoms with van der Waals surface area (Å²) in [5, 5.41) is 1.01. The average Bonchev–Trinajstić information content (AvgIpc) is 2.90. The third-order valence-corrected chi connectivity index (χ3v) is 4.91. The third-order valence-electron chi connectivity index (χ3n) is 4.91. The number of H-pyrrole nitrogens is 2. The van der Waals surface area contributed by atoms with Gasteiger partial charge in [0.15, 0.2) is 11.5 Å². The summed E-state index contributed by atoms with van der Waals surface area (Å²) in [7, 11) is 4.77. The first-order valence-electron chi connectivity index (χ1n) is 11.4. The molecule has 37 heavy (non-hydrogen) atoms. The van der Waals surface area contributed by atoms with Crippen molar-refractivity contribution in [2.24, 2.45) is 0 Å². The van der Waals surface area contributed by atoms with Crippen LogP contribution in [-0.4, -0.2) is 80.9 Å². The second-order valence-electron chi connectivity index (χ2n) is 7.46. The van der Waals surface area contributed by atoms with E-state index in [4.69, 9.17) is 28.4 Å². The number of para-hydroxylation sites is 1. The van der Waals surface area contributed by atoms with Gasteiger partial charge in [-0.3, -0.25) is 14.6 Å². The van der Waals surface area contributed by atoms with Crippen molar-refractivity contribution in [2.45, 2.75) is 0 Å². The van der Waals surface area contributed by atoms with Crippen LogP contribution in [0.5, 0.6) is 17.5 Å². The van der Waals surface area contributed by atoms with Crippen molar-refractivity contribution >= 4 is 21.8 Å². The summed E-state index contributed by atoms with van der Waals surface area (Å²) < 4.78 is 31.2. The summed E-state index contributed by atoms with van der Waals surface area (Å²) in [6, 6.07) is 10.6. The van der Waals surface area contributed by atoms with E-state index in [1.807, 2.05) is 6.07 Å². The van der Waals surface area contributed by atoms with Gasteiger partial charge in [0.2, 0.25) is 0 Å². The summed E-state index contributed by atoms with van der Waals surface area (Å²) in [6.07, 6.45) is 1.36. The van der Waals surface area contributed by atoms with Crippen LogP contribution < -0.4 is 25.3 Å². The molecule has 2 heterocycles. The Bertz CT molecular complexity index is 1390. The molecule has 0 aliphatic rings. The first-order valence-corrected chi connectivity index (χ1v) is 11.4. The first kappa shape index (κ1) is 27.6. The van der Waals surface area contributed by atoms with Gasteiger partial charge < -0.3 is 33.4 Å². The van der Waals surface area contributed by atoms with Crippen molar-refractivity contribution in [3.63, 3.8) is 0 Å². The van der Waals surface area contributed by atoms with Crippen LogP contribution in [0.1, 0.15) is 0 Å². The Morgan fingerprint density at radius 3 is 2.00 bits per heavy atom. The molecule has 12 nitrogen and oxygen atoms in total. The number of aromatic amines is 2. The Balaban J connectivity index is 0.000000213. The van der Waals surface area contributed by atoms with E-state index in [-0.39, 0.29) is 17.1 Å². The lowest BCUT2D eigenvalue weighted by Gasteiger charge is -2.13. The quantitative estimate of drug-likeness (QED) is 0.269. The van der Waals surface area contributed by atoms with Crippen LogP contribution in [0, 0.1) is 0 Å². The fourth-order valence-corrected chi connectivity index (χ4v) is 3.13. The largest absolute Gasteiger partial charge is 0.487 e. The number of benzene rings is 2. The zero-order valence-corrected chi connectivity index (χ0v) is 20.9. The second-order valence-corrected chi connectivity index (χ2v) is 7.46. The molecule has 2 aromatic carbocycles. The van der Waals surface area contributed by atoms with E-state index in [1.165, 1.54) is 6.33 Å². The standard InChI is InChI=1S/C14H18N2O5.C11H12N2O3/c1-18-3-5-20-12-7-10-11(15-9-16-14(10)17)8-13(12)21-6-4-19-2;1-15-6-7-16-11-12-9-5-3-2-4-8(9)10(14)13-11/h7-9H,3-6H2,1-2H3,(H,15,16,17);2-5H,6-7H2,1H3,(H,12,13,14). The highest BCUT2D eigenvalue weighted by Crippen LogP contribution is 2.30. The normalized spacial score (nSPS) is 10.7. The van der Waals surface area contributed by atoms with Crippen molar-refractivity contribution < 1.29 is 28.4 Å². The molecule has 198 valence electrons. The number of nitrogens with zero attached hydrogens (tertiary/aromatic N) is 2. The average molecular weight is 515 g/mol. The number of nitrogens with one attached hydrogen (secondary N) is 2. The Kier molecular flexibility index (Phi) is 10.8. The highest BCUT2D eigenvalue weighted by molar-refractivity contribution is 5.81. The highest BCUT2D eigenvalue weighted by Gasteiger charge is 2.11. The molecule has 0 spiro atoms. The number of methoxy groups -OCH3 is 3. The molecule has 0 saturated carbocycles. The Labute approximate surface area is 212 Å². The van der Waals surface area contributed by atoms with Gasteiger partial charge in [-0.2, -0.15) is 4.98 Å². The predicted octanol–water partition coefficient (Wildman–Crippen LogP) is 1.92. The lowest BCUT2D eigenvalue weighted by molar-refractivity contribution is 0.132. The van der Waals surface area contributed by atoms with Crippen LogP contribution in [0.15, 0.2) is 52.3 Å². The molecule has 12 heteroatoms. The van der Waals surface area contributed by atoms with E-state index in [0.717, 1.165) is 0 Å². The molecule has 0 aliphatic carbocycles. The molecule has 0 aliphatic heterocycles. The molecular weight excluding hydrogens is 484 g/mol. The van der Waals surface area contributed by atoms with Crippen molar-refractivity contribution in [1.82, 2.24) is 19.9 Å². The smallest absolute Gasteiger partial charge is 0.297 e. The van der Waals surface area contributed by atoms with E-state index in [1.54, 1.807) is 51.7 Å². The Morgan fingerprint density at radius 1 is 0.703 bits per heavy atom. The maximum Gasteiger partial charge on any atom is 0.297 e. The maximum absolute atomic E-state index is 11.8. The minimum Gasteiger partial charge on any atom is -0.487 e. The van der Waals surface area contributed by atoms with E-state index >= 15 is 0 Å².